The average Bonchev–Trinajstić information content (AvgIpc) is 2.48. The highest BCUT2D eigenvalue weighted by atomic mass is 32.2. The fraction of sp³-hybridized carbons (Fsp3) is 0.600. The Morgan fingerprint density at radius 2 is 1.95 bits per heavy atom. The van der Waals surface area contributed by atoms with Gasteiger partial charge in [-0.2, -0.15) is 4.31 Å². The summed E-state index contributed by atoms with van der Waals surface area (Å²) < 4.78 is 32.1. The number of rotatable bonds is 6. The molecule has 1 aliphatic rings. The van der Waals surface area contributed by atoms with E-state index < -0.39 is 10.0 Å². The van der Waals surface area contributed by atoms with Gasteiger partial charge in [0.25, 0.3) is 0 Å². The molecule has 1 saturated heterocycles. The van der Waals surface area contributed by atoms with Crippen LogP contribution in [-0.4, -0.2) is 43.6 Å². The molecule has 0 amide bonds. The Labute approximate surface area is 126 Å². The first-order valence-corrected chi connectivity index (χ1v) is 8.94. The van der Waals surface area contributed by atoms with Crippen molar-refractivity contribution < 1.29 is 18.3 Å². The number of hydrogen-bond donors (Lipinski definition) is 1. The molecule has 0 radical (unpaired) electrons. The van der Waals surface area contributed by atoms with E-state index in [0.29, 0.717) is 19.7 Å². The van der Waals surface area contributed by atoms with Gasteiger partial charge in [-0.3, -0.25) is 0 Å². The molecule has 1 heterocycles. The minimum absolute atomic E-state index is 0.00243. The van der Waals surface area contributed by atoms with Crippen molar-refractivity contribution in [1.29, 1.82) is 0 Å². The van der Waals surface area contributed by atoms with Gasteiger partial charge in [0.15, 0.2) is 0 Å². The van der Waals surface area contributed by atoms with Gasteiger partial charge in [-0.1, -0.05) is 24.3 Å². The van der Waals surface area contributed by atoms with Crippen LogP contribution in [0.4, 0.5) is 0 Å². The smallest absolute Gasteiger partial charge is 0.218 e. The van der Waals surface area contributed by atoms with Crippen molar-refractivity contribution in [2.24, 2.45) is 0 Å². The summed E-state index contributed by atoms with van der Waals surface area (Å²) in [6.45, 7) is 3.53. The highest BCUT2D eigenvalue weighted by Gasteiger charge is 2.29. The molecule has 1 N–H and O–H groups in total. The Hall–Kier alpha value is -0.950. The van der Waals surface area contributed by atoms with Crippen molar-refractivity contribution in [3.8, 4) is 0 Å². The van der Waals surface area contributed by atoms with E-state index in [1.165, 1.54) is 4.31 Å². The number of benzene rings is 1. The lowest BCUT2D eigenvalue weighted by molar-refractivity contribution is 0.0264. The van der Waals surface area contributed by atoms with Crippen molar-refractivity contribution >= 4 is 10.0 Å². The van der Waals surface area contributed by atoms with Crippen LogP contribution in [-0.2, 0) is 27.1 Å². The molecule has 1 atom stereocenters. The quantitative estimate of drug-likeness (QED) is 0.864. The van der Waals surface area contributed by atoms with Gasteiger partial charge in [0.1, 0.15) is 0 Å². The summed E-state index contributed by atoms with van der Waals surface area (Å²) in [5.74, 6) is -0.00243. The zero-order valence-corrected chi connectivity index (χ0v) is 13.2. The third-order valence-electron chi connectivity index (χ3n) is 3.69. The molecule has 1 aromatic carbocycles. The minimum Gasteiger partial charge on any atom is -0.392 e. The number of sulfonamides is 1. The first-order valence-electron chi connectivity index (χ1n) is 7.33. The fourth-order valence-corrected chi connectivity index (χ4v) is 4.17. The van der Waals surface area contributed by atoms with Crippen LogP contribution in [0.2, 0.25) is 0 Å². The standard InChI is InChI=1S/C15H23NO4S/c1-2-20-15-4-3-9-16(10-15)21(18,19)12-14-7-5-13(11-17)6-8-14/h5-8,15,17H,2-4,9-12H2,1H3. The third kappa shape index (κ3) is 4.51. The van der Waals surface area contributed by atoms with E-state index in [2.05, 4.69) is 0 Å². The van der Waals surface area contributed by atoms with Gasteiger partial charge in [0.2, 0.25) is 10.0 Å². The van der Waals surface area contributed by atoms with Crippen LogP contribution in [0.5, 0.6) is 0 Å². The van der Waals surface area contributed by atoms with Crippen molar-refractivity contribution in [1.82, 2.24) is 4.31 Å². The van der Waals surface area contributed by atoms with E-state index >= 15 is 0 Å². The second-order valence-corrected chi connectivity index (χ2v) is 7.28. The molecule has 1 fully saturated rings. The Morgan fingerprint density at radius 3 is 2.57 bits per heavy atom. The predicted molar refractivity (Wildman–Crippen MR) is 81.2 cm³/mol. The van der Waals surface area contributed by atoms with Gasteiger partial charge in [-0.15, -0.1) is 0 Å². The molecule has 1 unspecified atom stereocenters. The molecule has 1 aliphatic heterocycles. The van der Waals surface area contributed by atoms with Crippen LogP contribution in [0.3, 0.4) is 0 Å². The van der Waals surface area contributed by atoms with E-state index in [1.807, 2.05) is 6.92 Å². The molecule has 0 aromatic heterocycles. The normalized spacial score (nSPS) is 20.6. The highest BCUT2D eigenvalue weighted by molar-refractivity contribution is 7.88. The average molecular weight is 313 g/mol. The molecular weight excluding hydrogens is 290 g/mol. The maximum absolute atomic E-state index is 12.5. The molecule has 6 heteroatoms. The lowest BCUT2D eigenvalue weighted by atomic mass is 10.1. The number of aliphatic hydroxyl groups is 1. The van der Waals surface area contributed by atoms with E-state index in [-0.39, 0.29) is 18.5 Å². The molecule has 0 saturated carbocycles. The molecule has 0 bridgehead atoms. The van der Waals surface area contributed by atoms with Crippen molar-refractivity contribution in [2.45, 2.75) is 38.2 Å². The summed E-state index contributed by atoms with van der Waals surface area (Å²) in [4.78, 5) is 0. The summed E-state index contributed by atoms with van der Waals surface area (Å²) in [6, 6.07) is 7.02. The number of aliphatic hydroxyl groups excluding tert-OH is 1. The summed E-state index contributed by atoms with van der Waals surface area (Å²) in [6.07, 6.45) is 1.77. The van der Waals surface area contributed by atoms with Crippen LogP contribution in [0.25, 0.3) is 0 Å². The lowest BCUT2D eigenvalue weighted by Crippen LogP contribution is -2.43. The number of ether oxygens (including phenoxy) is 1. The van der Waals surface area contributed by atoms with Gasteiger partial charge in [-0.05, 0) is 30.9 Å². The molecule has 1 aromatic rings. The topological polar surface area (TPSA) is 66.8 Å². The Balaban J connectivity index is 2.03. The maximum Gasteiger partial charge on any atom is 0.218 e. The van der Waals surface area contributed by atoms with Crippen molar-refractivity contribution in [2.75, 3.05) is 19.7 Å². The van der Waals surface area contributed by atoms with Gasteiger partial charge in [0.05, 0.1) is 18.5 Å². The van der Waals surface area contributed by atoms with E-state index in [4.69, 9.17) is 9.84 Å². The number of nitrogens with zero attached hydrogens (tertiary/aromatic N) is 1. The molecule has 5 nitrogen and oxygen atoms in total. The second kappa shape index (κ2) is 7.35. The Kier molecular flexibility index (Phi) is 5.75. The zero-order chi connectivity index (χ0) is 15.3. The van der Waals surface area contributed by atoms with Gasteiger partial charge in [-0.25, -0.2) is 8.42 Å². The van der Waals surface area contributed by atoms with Crippen LogP contribution < -0.4 is 0 Å². The van der Waals surface area contributed by atoms with E-state index in [9.17, 15) is 8.42 Å². The zero-order valence-electron chi connectivity index (χ0n) is 12.4. The Bertz CT molecular complexity index is 539. The van der Waals surface area contributed by atoms with Crippen LogP contribution in [0, 0.1) is 0 Å². The van der Waals surface area contributed by atoms with Crippen molar-refractivity contribution in [3.05, 3.63) is 35.4 Å². The molecule has 118 valence electrons. The predicted octanol–water partition coefficient (Wildman–Crippen LogP) is 1.51. The van der Waals surface area contributed by atoms with E-state index in [1.54, 1.807) is 24.3 Å². The molecule has 0 spiro atoms. The van der Waals surface area contributed by atoms with Crippen LogP contribution in [0.15, 0.2) is 24.3 Å². The SMILES string of the molecule is CCOC1CCCN(S(=O)(=O)Cc2ccc(CO)cc2)C1. The number of piperidine rings is 1. The summed E-state index contributed by atoms with van der Waals surface area (Å²) in [5.41, 5.74) is 1.52. The summed E-state index contributed by atoms with van der Waals surface area (Å²) in [5, 5.41) is 9.00. The molecular formula is C15H23NO4S. The molecule has 0 aliphatic carbocycles. The molecule has 2 rings (SSSR count). The fourth-order valence-electron chi connectivity index (χ4n) is 2.57. The largest absolute Gasteiger partial charge is 0.392 e. The van der Waals surface area contributed by atoms with E-state index in [0.717, 1.165) is 24.0 Å². The van der Waals surface area contributed by atoms with Gasteiger partial charge >= 0.3 is 0 Å². The van der Waals surface area contributed by atoms with Gasteiger partial charge in [0, 0.05) is 19.7 Å². The van der Waals surface area contributed by atoms with Crippen LogP contribution >= 0.6 is 0 Å². The second-order valence-electron chi connectivity index (χ2n) is 5.31. The first-order chi connectivity index (χ1) is 10.0. The highest BCUT2D eigenvalue weighted by Crippen LogP contribution is 2.19. The minimum atomic E-state index is -3.32. The first kappa shape index (κ1) is 16.4. The maximum atomic E-state index is 12.5. The monoisotopic (exact) mass is 313 g/mol. The molecule has 21 heavy (non-hydrogen) atoms. The summed E-state index contributed by atoms with van der Waals surface area (Å²) in [7, 11) is -3.32. The third-order valence-corrected chi connectivity index (χ3v) is 5.51. The van der Waals surface area contributed by atoms with Gasteiger partial charge < -0.3 is 9.84 Å². The Morgan fingerprint density at radius 1 is 1.29 bits per heavy atom. The number of hydrogen-bond acceptors (Lipinski definition) is 4. The summed E-state index contributed by atoms with van der Waals surface area (Å²) >= 11 is 0. The lowest BCUT2D eigenvalue weighted by Gasteiger charge is -2.31. The van der Waals surface area contributed by atoms with Crippen LogP contribution in [0.1, 0.15) is 30.9 Å². The van der Waals surface area contributed by atoms with Crippen molar-refractivity contribution in [3.63, 3.8) is 0 Å².